The average molecular weight is 458 g/mol. The third-order valence-corrected chi connectivity index (χ3v) is 0. The Labute approximate surface area is 105 Å². The van der Waals surface area contributed by atoms with Crippen LogP contribution in [-0.4, -0.2) is 0 Å². The van der Waals surface area contributed by atoms with Crippen LogP contribution in [0.4, 0.5) is 0 Å². The summed E-state index contributed by atoms with van der Waals surface area (Å²) >= 11 is -16.9. The average Bonchev–Trinajstić information content (AvgIpc) is 1.41. The molecule has 0 spiro atoms. The van der Waals surface area contributed by atoms with Gasteiger partial charge in [0.05, 0.1) is 0 Å². The van der Waals surface area contributed by atoms with Crippen molar-refractivity contribution in [1.82, 2.24) is 0 Å². The zero-order valence-corrected chi connectivity index (χ0v) is 11.7. The molecule has 16 heavy (non-hydrogen) atoms. The molecule has 0 aliphatic heterocycles. The molecule has 0 aliphatic rings. The second-order valence-electron chi connectivity index (χ2n) is 1.13. The van der Waals surface area contributed by atoms with Crippen LogP contribution in [0.5, 0.6) is 0 Å². The van der Waals surface area contributed by atoms with E-state index in [0.717, 1.165) is 0 Å². The van der Waals surface area contributed by atoms with E-state index in [0.29, 0.717) is 0 Å². The third-order valence-electron chi connectivity index (χ3n) is 0. The molecule has 0 saturated carbocycles. The van der Waals surface area contributed by atoms with Crippen LogP contribution in [0.3, 0.4) is 0 Å². The maximum Gasteiger partial charge on any atom is 3.00 e. The normalized spacial score (nSPS) is 10.7. The first-order valence-electron chi connectivity index (χ1n) is 1.85. The van der Waals surface area contributed by atoms with Crippen LogP contribution in [-0.2, 0) is 92.9 Å². The molecule has 16 heteroatoms. The van der Waals surface area contributed by atoms with Crippen LogP contribution in [0.25, 0.3) is 0 Å². The Morgan fingerprint density at radius 1 is 0.438 bits per heavy atom. The summed E-state index contributed by atoms with van der Waals surface area (Å²) in [7, 11) is 0. The summed E-state index contributed by atoms with van der Waals surface area (Å²) in [5.74, 6) is 0. The summed E-state index contributed by atoms with van der Waals surface area (Å²) < 4.78 is 103. The summed E-state index contributed by atoms with van der Waals surface area (Å²) in [6.45, 7) is 0. The van der Waals surface area contributed by atoms with Gasteiger partial charge in [-0.1, -0.05) is 0 Å². The molecule has 0 bridgehead atoms. The van der Waals surface area contributed by atoms with Crippen LogP contribution in [0, 0.1) is 0 Å². The van der Waals surface area contributed by atoms with E-state index in [4.69, 9.17) is 47.1 Å². The van der Waals surface area contributed by atoms with Crippen molar-refractivity contribution in [2.75, 3.05) is 0 Å². The van der Waals surface area contributed by atoms with E-state index in [2.05, 4.69) is 0 Å². The van der Waals surface area contributed by atoms with Crippen molar-refractivity contribution in [3.05, 3.63) is 0 Å². The van der Waals surface area contributed by atoms with E-state index in [1.165, 1.54) is 0 Å². The molecule has 1 radical (unpaired) electrons. The first-order valence-corrected chi connectivity index (χ1v) is 7.63. The maximum absolute atomic E-state index is 8.58. The predicted octanol–water partition coefficient (Wildman–Crippen LogP) is -4.65. The van der Waals surface area contributed by atoms with Gasteiger partial charge in [0.25, 0.3) is 0 Å². The van der Waals surface area contributed by atoms with Gasteiger partial charge in [-0.05, 0) is 0 Å². The Bertz CT molecular complexity index is 480. The zero-order chi connectivity index (χ0) is 13.5. The second-order valence-corrected chi connectivity index (χ2v) is 4.68. The maximum atomic E-state index is 8.58. The molecule has 12 nitrogen and oxygen atoms in total. The van der Waals surface area contributed by atoms with Crippen molar-refractivity contribution in [3.63, 3.8) is 0 Å². The van der Waals surface area contributed by atoms with E-state index in [1.54, 1.807) is 0 Å². The Morgan fingerprint density at radius 3 is 0.438 bits per heavy atom. The smallest absolute Gasteiger partial charge is 3.00 e. The molecule has 0 amide bonds. The van der Waals surface area contributed by atoms with Gasteiger partial charge >= 0.3 is 105 Å². The first kappa shape index (κ1) is 25.2. The molecule has 0 N–H and O–H groups in total. The van der Waals surface area contributed by atoms with Gasteiger partial charge in [0.2, 0.25) is 0 Å². The zero-order valence-electron chi connectivity index (χ0n) is 6.39. The van der Waals surface area contributed by atoms with Crippen molar-refractivity contribution >= 4 is 0 Å². The molecular weight excluding hydrogens is 458 g/mol. The third kappa shape index (κ3) is 36600. The second kappa shape index (κ2) is 9.31. The Hall–Kier alpha value is 0.262. The van der Waals surface area contributed by atoms with Gasteiger partial charge in [-0.15, -0.1) is 0 Å². The predicted molar refractivity (Wildman–Crippen MR) is 6.18 cm³/mol. The first-order chi connectivity index (χ1) is 6.00. The number of rotatable bonds is 0. The van der Waals surface area contributed by atoms with Crippen LogP contribution < -0.4 is 12.6 Å². The van der Waals surface area contributed by atoms with E-state index in [9.17, 15) is 0 Å². The quantitative estimate of drug-likeness (QED) is 0.313. The molecule has 0 atom stereocenters. The molecule has 0 aliphatic carbocycles. The van der Waals surface area contributed by atoms with Gasteiger partial charge in [0.15, 0.2) is 0 Å². The SMILES string of the molecule is [O]=[Mn](=[O])(=[O])[O-].[O]=[Mn](=[O])(=[O])[O-].[O]=[Mn](=[O])(=[O])[O-].[Ru+3]. The minimum atomic E-state index is -5.62. The fourth-order valence-electron chi connectivity index (χ4n) is 0. The Balaban J connectivity index is -0.0000000655. The number of hydrogen-bond donors (Lipinski definition) is 0. The molecule has 0 aromatic carbocycles. The molecule has 0 aromatic rings. The van der Waals surface area contributed by atoms with Gasteiger partial charge in [-0.2, -0.15) is 0 Å². The Kier molecular flexibility index (Phi) is 14.7. The standard InChI is InChI=1S/3Mn.12O.Ru/q;;;;;;;;;;;;3*-1;+3. The van der Waals surface area contributed by atoms with E-state index < -0.39 is 38.9 Å². The number of hydrogen-bond acceptors (Lipinski definition) is 12. The summed E-state index contributed by atoms with van der Waals surface area (Å²) in [4.78, 5) is 0. The molecule has 0 heterocycles. The molecular formula is Mn3O12Ru. The summed E-state index contributed by atoms with van der Waals surface area (Å²) in [6.07, 6.45) is 0. The van der Waals surface area contributed by atoms with Gasteiger partial charge in [0, 0.05) is 0 Å². The van der Waals surface area contributed by atoms with Crippen LogP contribution in [0.15, 0.2) is 0 Å². The molecule has 0 aromatic heterocycles. The van der Waals surface area contributed by atoms with Gasteiger partial charge in [0.1, 0.15) is 0 Å². The molecule has 0 saturated heterocycles. The van der Waals surface area contributed by atoms with E-state index in [1.807, 2.05) is 0 Å². The monoisotopic (exact) mass is 459 g/mol. The Morgan fingerprint density at radius 2 is 0.438 bits per heavy atom. The van der Waals surface area contributed by atoms with E-state index in [-0.39, 0.29) is 19.5 Å². The summed E-state index contributed by atoms with van der Waals surface area (Å²) in [5, 5.41) is 0. The fourth-order valence-corrected chi connectivity index (χ4v) is 0. The van der Waals surface area contributed by atoms with Crippen molar-refractivity contribution < 1.29 is 105 Å². The van der Waals surface area contributed by atoms with Gasteiger partial charge in [-0.25, -0.2) is 0 Å². The van der Waals surface area contributed by atoms with Crippen molar-refractivity contribution in [2.24, 2.45) is 0 Å². The molecule has 101 valence electrons. The van der Waals surface area contributed by atoms with Gasteiger partial charge < -0.3 is 0 Å². The van der Waals surface area contributed by atoms with Crippen LogP contribution in [0.1, 0.15) is 0 Å². The van der Waals surface area contributed by atoms with E-state index >= 15 is 0 Å². The minimum absolute atomic E-state index is 0. The van der Waals surface area contributed by atoms with Gasteiger partial charge in [-0.3, -0.25) is 0 Å². The topological polar surface area (TPSA) is 223 Å². The van der Waals surface area contributed by atoms with Crippen LogP contribution in [0.2, 0.25) is 0 Å². The minimum Gasteiger partial charge on any atom is 3.00 e. The largest absolute Gasteiger partial charge is 3.00 e. The van der Waals surface area contributed by atoms with Crippen molar-refractivity contribution in [3.8, 4) is 0 Å². The summed E-state index contributed by atoms with van der Waals surface area (Å²) in [6, 6.07) is 0. The molecule has 0 fully saturated rings. The molecule has 0 unspecified atom stereocenters. The van der Waals surface area contributed by atoms with Crippen molar-refractivity contribution in [1.29, 1.82) is 0 Å². The molecule has 0 rings (SSSR count). The van der Waals surface area contributed by atoms with Crippen LogP contribution >= 0.6 is 0 Å². The summed E-state index contributed by atoms with van der Waals surface area (Å²) in [5.41, 5.74) is 0. The fraction of sp³-hybridized carbons (Fsp3) is 0. The van der Waals surface area contributed by atoms with Crippen molar-refractivity contribution in [2.45, 2.75) is 0 Å².